The lowest BCUT2D eigenvalue weighted by Gasteiger charge is -2.46. The van der Waals surface area contributed by atoms with Gasteiger partial charge in [-0.25, -0.2) is 0 Å². The number of aryl methyl sites for hydroxylation is 2. The lowest BCUT2D eigenvalue weighted by atomic mass is 9.70. The zero-order valence-electron chi connectivity index (χ0n) is 19.1. The number of aliphatic hydroxyl groups excluding tert-OH is 4. The number of hydrogen-bond donors (Lipinski definition) is 6. The van der Waals surface area contributed by atoms with Gasteiger partial charge in [-0.3, -0.25) is 0 Å². The minimum Gasteiger partial charge on any atom is -0.394 e. The van der Waals surface area contributed by atoms with Crippen LogP contribution in [0.3, 0.4) is 0 Å². The van der Waals surface area contributed by atoms with Gasteiger partial charge in [-0.05, 0) is 49.4 Å². The van der Waals surface area contributed by atoms with E-state index in [4.69, 9.17) is 0 Å². The largest absolute Gasteiger partial charge is 0.394 e. The third kappa shape index (κ3) is 5.84. The molecule has 0 spiro atoms. The van der Waals surface area contributed by atoms with Gasteiger partial charge in [0.25, 0.3) is 0 Å². The Morgan fingerprint density at radius 2 is 1.34 bits per heavy atom. The summed E-state index contributed by atoms with van der Waals surface area (Å²) in [6.45, 7) is 8.45. The summed E-state index contributed by atoms with van der Waals surface area (Å²) in [4.78, 5) is 0. The number of rotatable bonds is 11. The summed E-state index contributed by atoms with van der Waals surface area (Å²) in [5.41, 5.74) is -0.565. The summed E-state index contributed by atoms with van der Waals surface area (Å²) in [6.07, 6.45) is -5.80. The van der Waals surface area contributed by atoms with Crippen molar-refractivity contribution in [2.75, 3.05) is 6.61 Å². The Morgan fingerprint density at radius 3 is 1.78 bits per heavy atom. The van der Waals surface area contributed by atoms with Crippen molar-refractivity contribution in [1.29, 1.82) is 0 Å². The Bertz CT molecular complexity index is 913. The van der Waals surface area contributed by atoms with Gasteiger partial charge in [0.05, 0.1) is 6.61 Å². The van der Waals surface area contributed by atoms with E-state index in [0.29, 0.717) is 11.1 Å². The topological polar surface area (TPSA) is 121 Å². The van der Waals surface area contributed by atoms with E-state index in [1.165, 1.54) is 0 Å². The molecule has 0 aliphatic rings. The Balaban J connectivity index is 2.57. The highest BCUT2D eigenvalue weighted by atomic mass is 16.4. The molecule has 6 nitrogen and oxygen atoms in total. The highest BCUT2D eigenvalue weighted by Crippen LogP contribution is 2.36. The van der Waals surface area contributed by atoms with E-state index in [-0.39, 0.29) is 19.3 Å². The third-order valence-corrected chi connectivity index (χ3v) is 6.15. The first kappa shape index (κ1) is 26.2. The number of aliphatic hydroxyl groups is 6. The Labute approximate surface area is 190 Å². The van der Waals surface area contributed by atoms with Crippen LogP contribution in [0.5, 0.6) is 0 Å². The normalized spacial score (nSPS) is 18.3. The minimum atomic E-state index is -2.36. The van der Waals surface area contributed by atoms with Gasteiger partial charge in [0.1, 0.15) is 29.5 Å². The van der Waals surface area contributed by atoms with Crippen LogP contribution < -0.4 is 0 Å². The first-order valence-electron chi connectivity index (χ1n) is 10.8. The van der Waals surface area contributed by atoms with Crippen molar-refractivity contribution in [3.8, 4) is 0 Å². The predicted octanol–water partition coefficient (Wildman–Crippen LogP) is 1.59. The van der Waals surface area contributed by atoms with Crippen LogP contribution in [-0.4, -0.2) is 66.8 Å². The summed E-state index contributed by atoms with van der Waals surface area (Å²) in [5, 5.41) is 65.2. The quantitative estimate of drug-likeness (QED) is 0.293. The van der Waals surface area contributed by atoms with E-state index in [1.807, 2.05) is 50.2 Å². The van der Waals surface area contributed by atoms with Crippen LogP contribution in [-0.2, 0) is 12.8 Å². The van der Waals surface area contributed by atoms with E-state index in [1.54, 1.807) is 19.1 Å². The molecule has 1 unspecified atom stereocenters. The van der Waals surface area contributed by atoms with E-state index < -0.39 is 36.1 Å². The SMILES string of the molecule is C=C(C)CC(O)(Cc1ccccc1C)[C@@H](O)[C@@](O)(Cc1ccccc1C)[C@H](O)[C@@H](O)CO. The molecule has 2 aromatic rings. The van der Waals surface area contributed by atoms with Crippen LogP contribution in [0.1, 0.15) is 35.6 Å². The van der Waals surface area contributed by atoms with Gasteiger partial charge in [-0.2, -0.15) is 0 Å². The molecule has 6 heteroatoms. The van der Waals surface area contributed by atoms with E-state index >= 15 is 0 Å². The maximum absolute atomic E-state index is 11.7. The molecule has 176 valence electrons. The Kier molecular flexibility index (Phi) is 8.76. The second-order valence-corrected chi connectivity index (χ2v) is 9.03. The molecular formula is C26H36O6. The fraction of sp³-hybridized carbons (Fsp3) is 0.462. The first-order chi connectivity index (χ1) is 14.9. The maximum Gasteiger partial charge on any atom is 0.126 e. The highest BCUT2D eigenvalue weighted by molar-refractivity contribution is 5.31. The van der Waals surface area contributed by atoms with Gasteiger partial charge in [-0.1, -0.05) is 54.1 Å². The molecule has 0 heterocycles. The molecule has 0 aromatic heterocycles. The van der Waals surface area contributed by atoms with E-state index in [9.17, 15) is 30.6 Å². The van der Waals surface area contributed by atoms with Gasteiger partial charge in [0.2, 0.25) is 0 Å². The van der Waals surface area contributed by atoms with Crippen molar-refractivity contribution in [3.05, 3.63) is 82.9 Å². The molecule has 5 atom stereocenters. The summed E-state index contributed by atoms with van der Waals surface area (Å²) in [6, 6.07) is 14.5. The maximum atomic E-state index is 11.7. The molecular weight excluding hydrogens is 408 g/mol. The fourth-order valence-corrected chi connectivity index (χ4v) is 4.29. The zero-order chi connectivity index (χ0) is 24.1. The third-order valence-electron chi connectivity index (χ3n) is 6.15. The fourth-order valence-electron chi connectivity index (χ4n) is 4.29. The van der Waals surface area contributed by atoms with Crippen molar-refractivity contribution in [1.82, 2.24) is 0 Å². The summed E-state index contributed by atoms with van der Waals surface area (Å²) in [7, 11) is 0. The number of hydrogen-bond acceptors (Lipinski definition) is 6. The average Bonchev–Trinajstić information content (AvgIpc) is 2.74. The van der Waals surface area contributed by atoms with E-state index in [2.05, 4.69) is 6.58 Å². The lowest BCUT2D eigenvalue weighted by molar-refractivity contribution is -0.228. The smallest absolute Gasteiger partial charge is 0.126 e. The molecule has 2 aromatic carbocycles. The van der Waals surface area contributed by atoms with Crippen molar-refractivity contribution in [2.45, 2.75) is 69.5 Å². The molecule has 32 heavy (non-hydrogen) atoms. The monoisotopic (exact) mass is 444 g/mol. The molecule has 0 amide bonds. The van der Waals surface area contributed by atoms with Crippen molar-refractivity contribution < 1.29 is 30.6 Å². The van der Waals surface area contributed by atoms with Crippen LogP contribution >= 0.6 is 0 Å². The highest BCUT2D eigenvalue weighted by Gasteiger charge is 2.54. The van der Waals surface area contributed by atoms with Crippen LogP contribution in [0.25, 0.3) is 0 Å². The lowest BCUT2D eigenvalue weighted by Crippen LogP contribution is -2.66. The van der Waals surface area contributed by atoms with Gasteiger partial charge in [-0.15, -0.1) is 6.58 Å². The molecule has 0 aliphatic carbocycles. The second kappa shape index (κ2) is 10.7. The molecule has 0 fully saturated rings. The Morgan fingerprint density at radius 1 is 0.875 bits per heavy atom. The van der Waals surface area contributed by atoms with Gasteiger partial charge >= 0.3 is 0 Å². The summed E-state index contributed by atoms with van der Waals surface area (Å²) >= 11 is 0. The molecule has 0 aliphatic heterocycles. The van der Waals surface area contributed by atoms with Crippen molar-refractivity contribution in [3.63, 3.8) is 0 Å². The van der Waals surface area contributed by atoms with Gasteiger partial charge < -0.3 is 30.6 Å². The van der Waals surface area contributed by atoms with Crippen molar-refractivity contribution >= 4 is 0 Å². The molecule has 6 N–H and O–H groups in total. The summed E-state index contributed by atoms with van der Waals surface area (Å²) in [5.74, 6) is 0. The van der Waals surface area contributed by atoms with Gasteiger partial charge in [0.15, 0.2) is 0 Å². The van der Waals surface area contributed by atoms with Crippen molar-refractivity contribution in [2.24, 2.45) is 0 Å². The molecule has 0 radical (unpaired) electrons. The standard InChI is InChI=1S/C26H36O6/c1-17(2)13-25(31,14-20-11-7-5-9-18(20)3)24(30)26(32,23(29)22(28)16-27)15-21-12-8-6-10-19(21)4/h5-12,22-24,27-32H,1,13-16H2,2-4H3/t22-,23+,24+,25?,26+/m0/s1. The second-order valence-electron chi connectivity index (χ2n) is 9.03. The van der Waals surface area contributed by atoms with Crippen LogP contribution in [0.15, 0.2) is 60.7 Å². The minimum absolute atomic E-state index is 0.00821. The predicted molar refractivity (Wildman–Crippen MR) is 124 cm³/mol. The molecule has 2 rings (SSSR count). The average molecular weight is 445 g/mol. The number of benzene rings is 2. The molecule has 0 saturated carbocycles. The van der Waals surface area contributed by atoms with E-state index in [0.717, 1.165) is 16.7 Å². The van der Waals surface area contributed by atoms with Crippen LogP contribution in [0.4, 0.5) is 0 Å². The van der Waals surface area contributed by atoms with Crippen LogP contribution in [0.2, 0.25) is 0 Å². The summed E-state index contributed by atoms with van der Waals surface area (Å²) < 4.78 is 0. The first-order valence-corrected chi connectivity index (χ1v) is 10.8. The molecule has 0 saturated heterocycles. The zero-order valence-corrected chi connectivity index (χ0v) is 19.1. The molecule has 0 bridgehead atoms. The van der Waals surface area contributed by atoms with Gasteiger partial charge in [0, 0.05) is 12.8 Å². The Hall–Kier alpha value is -2.06. The van der Waals surface area contributed by atoms with Crippen LogP contribution in [0, 0.1) is 13.8 Å².